The highest BCUT2D eigenvalue weighted by molar-refractivity contribution is 5.90. The summed E-state index contributed by atoms with van der Waals surface area (Å²) in [6, 6.07) is 18.5. The number of nitrogens with one attached hydrogen (secondary N) is 2. The Morgan fingerprint density at radius 3 is 2.16 bits per heavy atom. The third-order valence-electron chi connectivity index (χ3n) is 5.94. The van der Waals surface area contributed by atoms with Gasteiger partial charge in [0.25, 0.3) is 5.69 Å². The molecule has 0 spiro atoms. The number of aromatic amines is 2. The maximum absolute atomic E-state index is 11.2. The zero-order valence-corrected chi connectivity index (χ0v) is 17.3. The van der Waals surface area contributed by atoms with Crippen molar-refractivity contribution in [3.8, 4) is 5.75 Å². The van der Waals surface area contributed by atoms with Gasteiger partial charge in [0, 0.05) is 58.3 Å². The number of ether oxygens (including phenoxy) is 1. The van der Waals surface area contributed by atoms with Crippen molar-refractivity contribution in [3.05, 3.63) is 105 Å². The molecule has 1 atom stereocenters. The van der Waals surface area contributed by atoms with E-state index < -0.39 is 4.92 Å². The lowest BCUT2D eigenvalue weighted by Gasteiger charge is -2.17. The third-order valence-corrected chi connectivity index (χ3v) is 5.94. The molecule has 0 aliphatic carbocycles. The van der Waals surface area contributed by atoms with Gasteiger partial charge in [-0.15, -0.1) is 0 Å². The minimum Gasteiger partial charge on any atom is -0.497 e. The number of aromatic nitrogens is 2. The van der Waals surface area contributed by atoms with Crippen LogP contribution in [0.25, 0.3) is 21.8 Å². The average Bonchev–Trinajstić information content (AvgIpc) is 3.43. The van der Waals surface area contributed by atoms with Crippen LogP contribution >= 0.6 is 0 Å². The van der Waals surface area contributed by atoms with Crippen LogP contribution in [0.4, 0.5) is 5.69 Å². The molecule has 5 rings (SSSR count). The second-order valence-electron chi connectivity index (χ2n) is 7.72. The van der Waals surface area contributed by atoms with Crippen LogP contribution in [0.1, 0.15) is 28.2 Å². The summed E-state index contributed by atoms with van der Waals surface area (Å²) in [6.07, 6.45) is 3.96. The number of aliphatic hydroxyl groups excluding tert-OH is 1. The number of non-ortho nitro benzene ring substituents is 1. The van der Waals surface area contributed by atoms with Gasteiger partial charge < -0.3 is 19.8 Å². The van der Waals surface area contributed by atoms with Crippen LogP contribution in [0.3, 0.4) is 0 Å². The number of H-pyrrole nitrogens is 2. The molecule has 0 fully saturated rings. The number of nitrogens with zero attached hydrogens (tertiary/aromatic N) is 1. The molecule has 2 aromatic heterocycles. The van der Waals surface area contributed by atoms with E-state index in [0.29, 0.717) is 0 Å². The monoisotopic (exact) mass is 427 g/mol. The Labute approximate surface area is 183 Å². The van der Waals surface area contributed by atoms with Gasteiger partial charge in [-0.05, 0) is 40.5 Å². The van der Waals surface area contributed by atoms with Crippen molar-refractivity contribution in [1.82, 2.24) is 9.97 Å². The molecule has 0 saturated heterocycles. The van der Waals surface area contributed by atoms with Crippen molar-refractivity contribution in [2.75, 3.05) is 7.11 Å². The van der Waals surface area contributed by atoms with E-state index in [4.69, 9.17) is 4.74 Å². The Balaban J connectivity index is 1.72. The molecule has 0 saturated carbocycles. The third kappa shape index (κ3) is 3.29. The maximum Gasteiger partial charge on any atom is 0.269 e. The minimum atomic E-state index is -0.390. The van der Waals surface area contributed by atoms with Crippen molar-refractivity contribution in [3.63, 3.8) is 0 Å². The molecule has 0 aliphatic heterocycles. The molecular weight excluding hydrogens is 406 g/mol. The average molecular weight is 427 g/mol. The number of nitro groups is 1. The normalized spacial score (nSPS) is 12.3. The van der Waals surface area contributed by atoms with Crippen LogP contribution in [0.2, 0.25) is 0 Å². The lowest BCUT2D eigenvalue weighted by atomic mass is 9.84. The van der Waals surface area contributed by atoms with Gasteiger partial charge in [-0.1, -0.05) is 24.3 Å². The number of aliphatic hydroxyl groups is 1. The van der Waals surface area contributed by atoms with Crippen LogP contribution in [-0.2, 0) is 6.61 Å². The van der Waals surface area contributed by atoms with Crippen LogP contribution in [-0.4, -0.2) is 27.1 Å². The summed E-state index contributed by atoms with van der Waals surface area (Å²) in [7, 11) is 1.64. The van der Waals surface area contributed by atoms with E-state index in [1.54, 1.807) is 19.2 Å². The molecule has 1 unspecified atom stereocenters. The van der Waals surface area contributed by atoms with E-state index >= 15 is 0 Å². The van der Waals surface area contributed by atoms with Crippen LogP contribution in [0.15, 0.2) is 73.1 Å². The molecule has 32 heavy (non-hydrogen) atoms. The van der Waals surface area contributed by atoms with Gasteiger partial charge in [-0.3, -0.25) is 10.1 Å². The molecule has 0 aliphatic rings. The molecule has 7 nitrogen and oxygen atoms in total. The number of benzene rings is 3. The van der Waals surface area contributed by atoms with E-state index in [-0.39, 0.29) is 18.2 Å². The molecular formula is C25H21N3O4. The van der Waals surface area contributed by atoms with E-state index in [9.17, 15) is 15.2 Å². The first-order valence-electron chi connectivity index (χ1n) is 10.2. The summed E-state index contributed by atoms with van der Waals surface area (Å²) in [5.41, 5.74) is 5.83. The smallest absolute Gasteiger partial charge is 0.269 e. The molecule has 3 N–H and O–H groups in total. The molecule has 5 aromatic rings. The lowest BCUT2D eigenvalue weighted by molar-refractivity contribution is -0.384. The number of fused-ring (bicyclic) bond motifs is 2. The summed E-state index contributed by atoms with van der Waals surface area (Å²) < 4.78 is 5.35. The van der Waals surface area contributed by atoms with Crippen molar-refractivity contribution >= 4 is 27.5 Å². The standard InChI is InChI=1S/C25H21N3O4/c1-32-18-7-9-20-22(13-27-24(20)11-18)25(16-3-5-17(6-4-16)28(30)31)21-12-26-23-10-15(14-29)2-8-19(21)23/h2-13,25-27,29H,14H2,1H3. The zero-order chi connectivity index (χ0) is 22.2. The Morgan fingerprint density at radius 1 is 0.938 bits per heavy atom. The first kappa shape index (κ1) is 19.8. The number of methoxy groups -OCH3 is 1. The van der Waals surface area contributed by atoms with Crippen LogP contribution in [0, 0.1) is 10.1 Å². The maximum atomic E-state index is 11.2. The van der Waals surface area contributed by atoms with Crippen molar-refractivity contribution in [2.45, 2.75) is 12.5 Å². The number of hydrogen-bond acceptors (Lipinski definition) is 4. The van der Waals surface area contributed by atoms with Gasteiger partial charge in [0.15, 0.2) is 0 Å². The van der Waals surface area contributed by atoms with E-state index in [2.05, 4.69) is 9.97 Å². The first-order chi connectivity index (χ1) is 15.6. The molecule has 2 heterocycles. The van der Waals surface area contributed by atoms with Crippen LogP contribution in [0.5, 0.6) is 5.75 Å². The van der Waals surface area contributed by atoms with Crippen molar-refractivity contribution in [2.24, 2.45) is 0 Å². The summed E-state index contributed by atoms with van der Waals surface area (Å²) >= 11 is 0. The Kier molecular flexibility index (Phi) is 4.88. The number of nitro benzene ring substituents is 1. The fourth-order valence-electron chi connectivity index (χ4n) is 4.34. The fourth-order valence-corrected chi connectivity index (χ4v) is 4.34. The van der Waals surface area contributed by atoms with Gasteiger partial charge in [-0.25, -0.2) is 0 Å². The van der Waals surface area contributed by atoms with Crippen LogP contribution < -0.4 is 4.74 Å². The molecule has 0 amide bonds. The molecule has 0 bridgehead atoms. The molecule has 0 radical (unpaired) electrons. The highest BCUT2D eigenvalue weighted by Crippen LogP contribution is 2.40. The van der Waals surface area contributed by atoms with Crippen molar-refractivity contribution < 1.29 is 14.8 Å². The number of hydrogen-bond donors (Lipinski definition) is 3. The second-order valence-corrected chi connectivity index (χ2v) is 7.72. The highest BCUT2D eigenvalue weighted by Gasteiger charge is 2.24. The predicted molar refractivity (Wildman–Crippen MR) is 123 cm³/mol. The summed E-state index contributed by atoms with van der Waals surface area (Å²) in [4.78, 5) is 17.4. The SMILES string of the molecule is COc1ccc2c(C(c3ccc([N+](=O)[O-])cc3)c3c[nH]c4cc(CO)ccc34)c[nH]c2c1. The largest absolute Gasteiger partial charge is 0.497 e. The number of rotatable bonds is 6. The zero-order valence-electron chi connectivity index (χ0n) is 17.3. The Hall–Kier alpha value is -4.10. The summed E-state index contributed by atoms with van der Waals surface area (Å²) in [5.74, 6) is 0.605. The lowest BCUT2D eigenvalue weighted by Crippen LogP contribution is -2.03. The molecule has 7 heteroatoms. The highest BCUT2D eigenvalue weighted by atomic mass is 16.6. The van der Waals surface area contributed by atoms with Gasteiger partial charge in [0.2, 0.25) is 0 Å². The molecule has 3 aromatic carbocycles. The Bertz CT molecular complexity index is 1350. The van der Waals surface area contributed by atoms with Crippen molar-refractivity contribution in [1.29, 1.82) is 0 Å². The Morgan fingerprint density at radius 2 is 1.56 bits per heavy atom. The molecule has 160 valence electrons. The quantitative estimate of drug-likeness (QED) is 0.255. The van der Waals surface area contributed by atoms with Gasteiger partial charge in [0.1, 0.15) is 5.75 Å². The minimum absolute atomic E-state index is 0.0274. The fraction of sp³-hybridized carbons (Fsp3) is 0.120. The van der Waals surface area contributed by atoms with Gasteiger partial charge in [0.05, 0.1) is 18.6 Å². The summed E-state index contributed by atoms with van der Waals surface area (Å²) in [6.45, 7) is -0.0274. The second kappa shape index (κ2) is 7.86. The first-order valence-corrected chi connectivity index (χ1v) is 10.2. The van der Waals surface area contributed by atoms with E-state index in [0.717, 1.165) is 49.8 Å². The van der Waals surface area contributed by atoms with Gasteiger partial charge >= 0.3 is 0 Å². The van der Waals surface area contributed by atoms with Gasteiger partial charge in [-0.2, -0.15) is 0 Å². The summed E-state index contributed by atoms with van der Waals surface area (Å²) in [5, 5.41) is 22.7. The van der Waals surface area contributed by atoms with E-state index in [1.807, 2.05) is 60.9 Å². The topological polar surface area (TPSA) is 104 Å². The van der Waals surface area contributed by atoms with E-state index in [1.165, 1.54) is 0 Å². The predicted octanol–water partition coefficient (Wildman–Crippen LogP) is 5.24.